The van der Waals surface area contributed by atoms with Gasteiger partial charge in [-0.25, -0.2) is 18.6 Å². The van der Waals surface area contributed by atoms with Crippen molar-refractivity contribution in [2.45, 2.75) is 38.6 Å². The van der Waals surface area contributed by atoms with E-state index in [9.17, 15) is 18.7 Å². The van der Waals surface area contributed by atoms with Crippen LogP contribution in [0.5, 0.6) is 5.75 Å². The molecule has 212 valence electrons. The molecule has 41 heavy (non-hydrogen) atoms. The van der Waals surface area contributed by atoms with Crippen LogP contribution in [0.2, 0.25) is 5.02 Å². The first-order chi connectivity index (χ1) is 19.8. The number of imidazole rings is 1. The molecule has 10 heteroatoms. The molecule has 7 nitrogen and oxygen atoms in total. The maximum atomic E-state index is 14.8. The number of hydrogen-bond donors (Lipinski definition) is 1. The largest absolute Gasteiger partial charge is 0.489 e. The zero-order chi connectivity index (χ0) is 28.5. The van der Waals surface area contributed by atoms with Gasteiger partial charge in [0.2, 0.25) is 0 Å². The third-order valence-electron chi connectivity index (χ3n) is 7.61. The molecule has 0 bridgehead atoms. The lowest BCUT2D eigenvalue weighted by molar-refractivity contribution is -0.0591. The van der Waals surface area contributed by atoms with Gasteiger partial charge in [0, 0.05) is 35.8 Å². The molecule has 1 aromatic heterocycles. The number of ether oxygens (including phenoxy) is 2. The molecular weight excluding hydrogens is 552 g/mol. The van der Waals surface area contributed by atoms with Gasteiger partial charge in [-0.1, -0.05) is 23.7 Å². The quantitative estimate of drug-likeness (QED) is 0.250. The van der Waals surface area contributed by atoms with Gasteiger partial charge in [-0.2, -0.15) is 0 Å². The fourth-order valence-electron chi connectivity index (χ4n) is 5.20. The van der Waals surface area contributed by atoms with Crippen LogP contribution >= 0.6 is 11.6 Å². The van der Waals surface area contributed by atoms with E-state index in [2.05, 4.69) is 9.47 Å². The minimum absolute atomic E-state index is 0.00174. The van der Waals surface area contributed by atoms with E-state index < -0.39 is 11.8 Å². The molecule has 2 aliphatic rings. The molecule has 0 amide bonds. The minimum Gasteiger partial charge on any atom is -0.489 e. The number of aromatic carboxylic acids is 1. The summed E-state index contributed by atoms with van der Waals surface area (Å²) in [5, 5.41) is 9.79. The molecule has 0 saturated carbocycles. The normalized spacial score (nSPS) is 17.3. The number of hydrogen-bond acceptors (Lipinski definition) is 5. The zero-order valence-electron chi connectivity index (χ0n) is 22.2. The van der Waals surface area contributed by atoms with Gasteiger partial charge in [0.25, 0.3) is 0 Å². The van der Waals surface area contributed by atoms with Gasteiger partial charge in [-0.15, -0.1) is 0 Å². The van der Waals surface area contributed by atoms with E-state index >= 15 is 0 Å². The van der Waals surface area contributed by atoms with Crippen LogP contribution in [0.3, 0.4) is 0 Å². The average Bonchev–Trinajstić information content (AvgIpc) is 3.27. The molecule has 0 spiro atoms. The van der Waals surface area contributed by atoms with Crippen molar-refractivity contribution in [2.24, 2.45) is 0 Å². The van der Waals surface area contributed by atoms with E-state index in [-0.39, 0.29) is 24.1 Å². The SMILES string of the molecule is O=C(O)c1ccc2nc(CN3CC=C(c4cc(OCc5ccc(Cl)cc5F)ccc4F)CC3)n(CC3CCO3)c2c1. The molecule has 1 atom stereocenters. The lowest BCUT2D eigenvalue weighted by Gasteiger charge is -2.29. The summed E-state index contributed by atoms with van der Waals surface area (Å²) < 4.78 is 42.4. The fourth-order valence-corrected chi connectivity index (χ4v) is 5.36. The monoisotopic (exact) mass is 579 g/mol. The van der Waals surface area contributed by atoms with Crippen LogP contribution in [0.1, 0.15) is 40.2 Å². The molecule has 4 aromatic rings. The smallest absolute Gasteiger partial charge is 0.335 e. The first kappa shape index (κ1) is 27.4. The first-order valence-electron chi connectivity index (χ1n) is 13.5. The summed E-state index contributed by atoms with van der Waals surface area (Å²) >= 11 is 5.82. The number of fused-ring (bicyclic) bond motifs is 1. The number of halogens is 3. The summed E-state index contributed by atoms with van der Waals surface area (Å²) in [5.41, 5.74) is 3.45. The Bertz CT molecular complexity index is 1650. The highest BCUT2D eigenvalue weighted by molar-refractivity contribution is 6.30. The van der Waals surface area contributed by atoms with E-state index in [1.807, 2.05) is 6.08 Å². The Balaban J connectivity index is 1.17. The average molecular weight is 580 g/mol. The first-order valence-corrected chi connectivity index (χ1v) is 13.8. The summed E-state index contributed by atoms with van der Waals surface area (Å²) in [6, 6.07) is 13.9. The molecule has 6 rings (SSSR count). The second-order valence-electron chi connectivity index (χ2n) is 10.3. The highest BCUT2D eigenvalue weighted by Gasteiger charge is 2.24. The maximum absolute atomic E-state index is 14.8. The van der Waals surface area contributed by atoms with Crippen molar-refractivity contribution in [2.75, 3.05) is 19.7 Å². The van der Waals surface area contributed by atoms with E-state index in [1.165, 1.54) is 18.2 Å². The van der Waals surface area contributed by atoms with Crippen molar-refractivity contribution in [3.63, 3.8) is 0 Å². The van der Waals surface area contributed by atoms with Crippen molar-refractivity contribution < 1.29 is 28.2 Å². The number of rotatable bonds is 9. The van der Waals surface area contributed by atoms with Crippen LogP contribution in [-0.4, -0.2) is 51.3 Å². The molecule has 3 aromatic carbocycles. The van der Waals surface area contributed by atoms with E-state index in [1.54, 1.807) is 36.4 Å². The Morgan fingerprint density at radius 2 is 1.98 bits per heavy atom. The summed E-state index contributed by atoms with van der Waals surface area (Å²) in [4.78, 5) is 18.6. The Morgan fingerprint density at radius 1 is 1.12 bits per heavy atom. The lowest BCUT2D eigenvalue weighted by Crippen LogP contribution is -2.33. The Morgan fingerprint density at radius 3 is 2.68 bits per heavy atom. The van der Waals surface area contributed by atoms with Crippen LogP contribution < -0.4 is 4.74 Å². The predicted octanol–water partition coefficient (Wildman–Crippen LogP) is 6.32. The molecule has 1 fully saturated rings. The van der Waals surface area contributed by atoms with Crippen molar-refractivity contribution in [3.8, 4) is 5.75 Å². The van der Waals surface area contributed by atoms with Gasteiger partial charge in [0.15, 0.2) is 0 Å². The number of carbonyl (C=O) groups is 1. The molecule has 0 radical (unpaired) electrons. The summed E-state index contributed by atoms with van der Waals surface area (Å²) in [6.07, 6.45) is 3.67. The van der Waals surface area contributed by atoms with Crippen LogP contribution in [0.4, 0.5) is 8.78 Å². The second kappa shape index (κ2) is 11.6. The van der Waals surface area contributed by atoms with Crippen molar-refractivity contribution >= 4 is 34.2 Å². The number of aromatic nitrogens is 2. The molecule has 1 unspecified atom stereocenters. The number of nitrogens with zero attached hydrogens (tertiary/aromatic N) is 3. The van der Waals surface area contributed by atoms with Gasteiger partial charge in [-0.3, -0.25) is 4.90 Å². The maximum Gasteiger partial charge on any atom is 0.335 e. The van der Waals surface area contributed by atoms with Crippen molar-refractivity contribution in [1.82, 2.24) is 14.5 Å². The molecule has 1 N–H and O–H groups in total. The van der Waals surface area contributed by atoms with Crippen LogP contribution in [0.25, 0.3) is 16.6 Å². The highest BCUT2D eigenvalue weighted by atomic mass is 35.5. The number of carboxylic acids is 1. The Hall–Kier alpha value is -3.79. The summed E-state index contributed by atoms with van der Waals surface area (Å²) in [6.45, 7) is 3.19. The van der Waals surface area contributed by atoms with E-state index in [4.69, 9.17) is 26.1 Å². The minimum atomic E-state index is -0.978. The van der Waals surface area contributed by atoms with Crippen LogP contribution in [0, 0.1) is 11.6 Å². The van der Waals surface area contributed by atoms with Crippen molar-refractivity contribution in [1.29, 1.82) is 0 Å². The van der Waals surface area contributed by atoms with E-state index in [0.717, 1.165) is 35.5 Å². The third kappa shape index (κ3) is 5.98. The van der Waals surface area contributed by atoms with Gasteiger partial charge in [0.05, 0.1) is 35.8 Å². The van der Waals surface area contributed by atoms with Crippen LogP contribution in [0.15, 0.2) is 60.7 Å². The molecule has 2 aliphatic heterocycles. The summed E-state index contributed by atoms with van der Waals surface area (Å²) in [5.74, 6) is -0.483. The topological polar surface area (TPSA) is 76.8 Å². The molecule has 0 aliphatic carbocycles. The van der Waals surface area contributed by atoms with E-state index in [0.29, 0.717) is 54.5 Å². The summed E-state index contributed by atoms with van der Waals surface area (Å²) in [7, 11) is 0. The second-order valence-corrected chi connectivity index (χ2v) is 10.7. The molecule has 1 saturated heterocycles. The third-order valence-corrected chi connectivity index (χ3v) is 7.84. The number of carboxylic acid groups (broad SMARTS) is 1. The fraction of sp³-hybridized carbons (Fsp3) is 0.290. The Kier molecular flexibility index (Phi) is 7.75. The zero-order valence-corrected chi connectivity index (χ0v) is 22.9. The Labute approximate surface area is 240 Å². The predicted molar refractivity (Wildman–Crippen MR) is 151 cm³/mol. The standard InChI is InChI=1S/C31H28ClF2N3O4/c32-22-3-1-21(27(34)14-22)18-41-23-4-5-26(33)25(15-23)19-7-10-36(11-8-19)17-30-35-28-6-2-20(31(38)39)13-29(28)37(30)16-24-9-12-40-24/h1-7,13-15,24H,8-12,16-18H2,(H,38,39). The van der Waals surface area contributed by atoms with Gasteiger partial charge in [0.1, 0.15) is 29.8 Å². The molecule has 3 heterocycles. The number of benzene rings is 3. The van der Waals surface area contributed by atoms with Gasteiger partial charge in [-0.05, 0) is 66.9 Å². The van der Waals surface area contributed by atoms with Crippen molar-refractivity contribution in [3.05, 3.63) is 99.8 Å². The highest BCUT2D eigenvalue weighted by Crippen LogP contribution is 2.30. The van der Waals surface area contributed by atoms with Gasteiger partial charge < -0.3 is 19.1 Å². The van der Waals surface area contributed by atoms with Crippen LogP contribution in [-0.2, 0) is 24.4 Å². The van der Waals surface area contributed by atoms with Gasteiger partial charge >= 0.3 is 5.97 Å². The molecular formula is C31H28ClF2N3O4. The lowest BCUT2D eigenvalue weighted by atomic mass is 9.98.